The van der Waals surface area contributed by atoms with Gasteiger partial charge in [0.25, 0.3) is 5.56 Å². The fraction of sp³-hybridized carbons (Fsp3) is 0.231. The predicted octanol–water partition coefficient (Wildman–Crippen LogP) is 2.16. The third kappa shape index (κ3) is 2.57. The number of H-pyrrole nitrogens is 1. The highest BCUT2D eigenvalue weighted by molar-refractivity contribution is 7.98. The molecule has 0 aliphatic heterocycles. The average molecular weight is 288 g/mol. The Morgan fingerprint density at radius 3 is 2.90 bits per heavy atom. The van der Waals surface area contributed by atoms with Crippen molar-refractivity contribution in [3.63, 3.8) is 0 Å². The first-order chi connectivity index (χ1) is 9.76. The third-order valence-corrected chi connectivity index (χ3v) is 3.60. The van der Waals surface area contributed by atoms with Crippen LogP contribution in [0.4, 0.5) is 0 Å². The van der Waals surface area contributed by atoms with Crippen molar-refractivity contribution in [2.24, 2.45) is 0 Å². The van der Waals surface area contributed by atoms with Crippen LogP contribution in [-0.4, -0.2) is 20.2 Å². The minimum Gasteiger partial charge on any atom is -0.440 e. The van der Waals surface area contributed by atoms with Gasteiger partial charge >= 0.3 is 0 Å². The number of aryl methyl sites for hydroxylation is 1. The molecule has 0 fully saturated rings. The standard InChI is InChI=1S/C13H12N4O2S/c1-2-8-12(18)15-13(17-16-8)20-7-11-14-9-5-3-4-6-10(9)19-11/h3-6H,2,7H2,1H3,(H,15,17,18). The summed E-state index contributed by atoms with van der Waals surface area (Å²) in [5.41, 5.74) is 1.83. The van der Waals surface area contributed by atoms with E-state index >= 15 is 0 Å². The molecule has 0 atom stereocenters. The first-order valence-electron chi connectivity index (χ1n) is 6.19. The quantitative estimate of drug-likeness (QED) is 0.740. The maximum Gasteiger partial charge on any atom is 0.273 e. The molecule has 2 heterocycles. The van der Waals surface area contributed by atoms with E-state index in [4.69, 9.17) is 4.42 Å². The maximum atomic E-state index is 11.6. The van der Waals surface area contributed by atoms with E-state index in [0.717, 1.165) is 11.1 Å². The highest BCUT2D eigenvalue weighted by Crippen LogP contribution is 2.21. The van der Waals surface area contributed by atoms with E-state index in [-0.39, 0.29) is 5.56 Å². The van der Waals surface area contributed by atoms with Gasteiger partial charge in [0.15, 0.2) is 10.7 Å². The molecular formula is C13H12N4O2S. The summed E-state index contributed by atoms with van der Waals surface area (Å²) in [6.45, 7) is 1.87. The number of fused-ring (bicyclic) bond motifs is 1. The van der Waals surface area contributed by atoms with Crippen LogP contribution in [0.3, 0.4) is 0 Å². The van der Waals surface area contributed by atoms with Crippen molar-refractivity contribution in [3.8, 4) is 0 Å². The number of thioether (sulfide) groups is 1. The van der Waals surface area contributed by atoms with Gasteiger partial charge < -0.3 is 4.42 Å². The fourth-order valence-corrected chi connectivity index (χ4v) is 2.40. The Balaban J connectivity index is 1.75. The Morgan fingerprint density at radius 1 is 1.30 bits per heavy atom. The Labute approximate surface area is 118 Å². The summed E-state index contributed by atoms with van der Waals surface area (Å²) in [6, 6.07) is 7.57. The van der Waals surface area contributed by atoms with Gasteiger partial charge in [0.05, 0.1) is 5.75 Å². The molecule has 3 aromatic rings. The molecule has 1 N–H and O–H groups in total. The van der Waals surface area contributed by atoms with E-state index < -0.39 is 0 Å². The van der Waals surface area contributed by atoms with Crippen LogP contribution in [-0.2, 0) is 12.2 Å². The van der Waals surface area contributed by atoms with Gasteiger partial charge in [-0.2, -0.15) is 0 Å². The second-order valence-electron chi connectivity index (χ2n) is 4.12. The Bertz CT molecular complexity index is 763. The molecule has 1 aromatic carbocycles. The second-order valence-corrected chi connectivity index (χ2v) is 5.09. The van der Waals surface area contributed by atoms with Gasteiger partial charge in [-0.25, -0.2) is 4.98 Å². The van der Waals surface area contributed by atoms with Crippen molar-refractivity contribution in [3.05, 3.63) is 46.2 Å². The molecule has 0 amide bonds. The number of aromatic nitrogens is 4. The minimum atomic E-state index is -0.192. The number of benzene rings is 1. The van der Waals surface area contributed by atoms with Crippen molar-refractivity contribution in [1.82, 2.24) is 20.2 Å². The molecule has 7 heteroatoms. The van der Waals surface area contributed by atoms with Crippen LogP contribution >= 0.6 is 11.8 Å². The molecule has 0 aliphatic carbocycles. The first-order valence-corrected chi connectivity index (χ1v) is 7.18. The summed E-state index contributed by atoms with van der Waals surface area (Å²) in [4.78, 5) is 18.7. The highest BCUT2D eigenvalue weighted by atomic mass is 32.2. The average Bonchev–Trinajstić information content (AvgIpc) is 2.88. The van der Waals surface area contributed by atoms with E-state index in [1.807, 2.05) is 31.2 Å². The molecule has 0 saturated carbocycles. The van der Waals surface area contributed by atoms with Gasteiger partial charge in [-0.3, -0.25) is 9.78 Å². The van der Waals surface area contributed by atoms with E-state index in [1.54, 1.807) is 0 Å². The van der Waals surface area contributed by atoms with Gasteiger partial charge in [0.2, 0.25) is 5.89 Å². The van der Waals surface area contributed by atoms with Crippen LogP contribution in [0.2, 0.25) is 0 Å². The van der Waals surface area contributed by atoms with Gasteiger partial charge in [0, 0.05) is 0 Å². The van der Waals surface area contributed by atoms with Gasteiger partial charge in [-0.15, -0.1) is 10.2 Å². The molecule has 0 spiro atoms. The van der Waals surface area contributed by atoms with Crippen LogP contribution in [0.25, 0.3) is 11.1 Å². The first kappa shape index (κ1) is 12.9. The van der Waals surface area contributed by atoms with Crippen LogP contribution in [0.5, 0.6) is 0 Å². The zero-order valence-corrected chi connectivity index (χ0v) is 11.6. The normalized spacial score (nSPS) is 11.1. The summed E-state index contributed by atoms with van der Waals surface area (Å²) in [5.74, 6) is 1.09. The summed E-state index contributed by atoms with van der Waals surface area (Å²) in [7, 11) is 0. The van der Waals surface area contributed by atoms with E-state index in [2.05, 4.69) is 20.2 Å². The SMILES string of the molecule is CCc1nnc(SCc2nc3ccccc3o2)[nH]c1=O. The molecule has 20 heavy (non-hydrogen) atoms. The van der Waals surface area contributed by atoms with Crippen molar-refractivity contribution in [2.75, 3.05) is 0 Å². The number of rotatable bonds is 4. The van der Waals surface area contributed by atoms with Gasteiger partial charge in [-0.05, 0) is 18.6 Å². The lowest BCUT2D eigenvalue weighted by atomic mass is 10.3. The zero-order chi connectivity index (χ0) is 13.9. The van der Waals surface area contributed by atoms with E-state index in [0.29, 0.717) is 28.9 Å². The number of nitrogens with one attached hydrogen (secondary N) is 1. The smallest absolute Gasteiger partial charge is 0.273 e. The molecule has 0 radical (unpaired) electrons. The van der Waals surface area contributed by atoms with Crippen molar-refractivity contribution < 1.29 is 4.42 Å². The topological polar surface area (TPSA) is 84.7 Å². The lowest BCUT2D eigenvalue weighted by molar-refractivity contribution is 0.556. The zero-order valence-electron chi connectivity index (χ0n) is 10.8. The minimum absolute atomic E-state index is 0.192. The second kappa shape index (κ2) is 5.46. The van der Waals surface area contributed by atoms with Crippen molar-refractivity contribution in [1.29, 1.82) is 0 Å². The van der Waals surface area contributed by atoms with Crippen LogP contribution in [0.15, 0.2) is 38.6 Å². The lowest BCUT2D eigenvalue weighted by Gasteiger charge is -1.98. The Morgan fingerprint density at radius 2 is 2.15 bits per heavy atom. The maximum absolute atomic E-state index is 11.6. The molecule has 0 saturated heterocycles. The largest absolute Gasteiger partial charge is 0.440 e. The molecule has 2 aromatic heterocycles. The van der Waals surface area contributed by atoms with Crippen molar-refractivity contribution >= 4 is 22.9 Å². The third-order valence-electron chi connectivity index (χ3n) is 2.75. The molecule has 3 rings (SSSR count). The van der Waals surface area contributed by atoms with Gasteiger partial charge in [-0.1, -0.05) is 30.8 Å². The highest BCUT2D eigenvalue weighted by Gasteiger charge is 2.08. The summed E-state index contributed by atoms with van der Waals surface area (Å²) in [5, 5.41) is 8.32. The molecule has 0 unspecified atom stereocenters. The molecule has 6 nitrogen and oxygen atoms in total. The Hall–Kier alpha value is -2.15. The number of hydrogen-bond acceptors (Lipinski definition) is 6. The number of hydrogen-bond donors (Lipinski definition) is 1. The molecule has 0 aliphatic rings. The summed E-state index contributed by atoms with van der Waals surface area (Å²) in [6.07, 6.45) is 0.568. The Kier molecular flexibility index (Phi) is 3.51. The summed E-state index contributed by atoms with van der Waals surface area (Å²) < 4.78 is 5.59. The fourth-order valence-electron chi connectivity index (χ4n) is 1.75. The number of nitrogens with zero attached hydrogens (tertiary/aromatic N) is 3. The monoisotopic (exact) mass is 288 g/mol. The molecule has 0 bridgehead atoms. The van der Waals surface area contributed by atoms with Gasteiger partial charge in [0.1, 0.15) is 11.2 Å². The van der Waals surface area contributed by atoms with E-state index in [9.17, 15) is 4.79 Å². The van der Waals surface area contributed by atoms with Crippen LogP contribution in [0.1, 0.15) is 18.5 Å². The van der Waals surface area contributed by atoms with Crippen LogP contribution < -0.4 is 5.56 Å². The molecular weight excluding hydrogens is 276 g/mol. The number of oxazole rings is 1. The number of para-hydroxylation sites is 2. The number of aromatic amines is 1. The summed E-state index contributed by atoms with van der Waals surface area (Å²) >= 11 is 1.34. The van der Waals surface area contributed by atoms with Crippen LogP contribution in [0, 0.1) is 0 Å². The van der Waals surface area contributed by atoms with E-state index in [1.165, 1.54) is 11.8 Å². The molecule has 102 valence electrons. The predicted molar refractivity (Wildman–Crippen MR) is 75.6 cm³/mol. The van der Waals surface area contributed by atoms with Crippen molar-refractivity contribution in [2.45, 2.75) is 24.3 Å². The lowest BCUT2D eigenvalue weighted by Crippen LogP contribution is -2.16.